The average Bonchev–Trinajstić information content (AvgIpc) is 3.20. The fourth-order valence-electron chi connectivity index (χ4n) is 3.87. The lowest BCUT2D eigenvalue weighted by molar-refractivity contribution is -0.153. The lowest BCUT2D eigenvalue weighted by atomic mass is 9.88. The molecular weight excluding hydrogens is 434 g/mol. The molecule has 0 saturated carbocycles. The Morgan fingerprint density at radius 1 is 0.970 bits per heavy atom. The first-order valence-corrected chi connectivity index (χ1v) is 10.4. The summed E-state index contributed by atoms with van der Waals surface area (Å²) in [4.78, 5) is 11.6. The van der Waals surface area contributed by atoms with Crippen molar-refractivity contribution >= 4 is 16.8 Å². The van der Waals surface area contributed by atoms with E-state index < -0.39 is 18.5 Å². The van der Waals surface area contributed by atoms with E-state index in [1.807, 2.05) is 48.5 Å². The molecule has 4 rings (SSSR count). The molecular formula is C25H21F4N3O. The molecule has 0 radical (unpaired) electrons. The second kappa shape index (κ2) is 9.44. The predicted molar refractivity (Wildman–Crippen MR) is 118 cm³/mol. The van der Waals surface area contributed by atoms with E-state index in [0.29, 0.717) is 6.42 Å². The zero-order valence-corrected chi connectivity index (χ0v) is 17.5. The molecule has 3 aromatic carbocycles. The molecule has 0 spiro atoms. The number of carbonyl (C=O) groups is 1. The van der Waals surface area contributed by atoms with Crippen molar-refractivity contribution in [2.45, 2.75) is 24.9 Å². The van der Waals surface area contributed by atoms with Gasteiger partial charge in [0.25, 0.3) is 0 Å². The lowest BCUT2D eigenvalue weighted by Gasteiger charge is -2.19. The second-order valence-corrected chi connectivity index (χ2v) is 7.74. The zero-order valence-electron chi connectivity index (χ0n) is 17.5. The highest BCUT2D eigenvalue weighted by atomic mass is 19.4. The first kappa shape index (κ1) is 22.5. The minimum absolute atomic E-state index is 0.112. The van der Waals surface area contributed by atoms with Crippen molar-refractivity contribution in [3.63, 3.8) is 0 Å². The molecule has 170 valence electrons. The smallest absolute Gasteiger partial charge is 0.356 e. The van der Waals surface area contributed by atoms with Crippen molar-refractivity contribution < 1.29 is 22.4 Å². The molecule has 8 heteroatoms. The highest BCUT2D eigenvalue weighted by Crippen LogP contribution is 2.31. The van der Waals surface area contributed by atoms with E-state index in [1.54, 1.807) is 23.0 Å². The Hall–Kier alpha value is -3.68. The first-order chi connectivity index (χ1) is 15.8. The number of alkyl halides is 3. The normalized spacial score (nSPS) is 12.6. The van der Waals surface area contributed by atoms with Crippen LogP contribution in [0.15, 0.2) is 79.0 Å². The van der Waals surface area contributed by atoms with Crippen LogP contribution in [0.5, 0.6) is 0 Å². The summed E-state index contributed by atoms with van der Waals surface area (Å²) in [5.41, 5.74) is 3.52. The van der Waals surface area contributed by atoms with E-state index in [1.165, 1.54) is 12.1 Å². The Morgan fingerprint density at radius 3 is 2.39 bits per heavy atom. The number of rotatable bonds is 7. The SMILES string of the molecule is O=C(CC(F)(F)F)NCCC(c1ccccc1)c1ccc2c(cnn2-c2ccc(F)cc2)c1. The molecule has 0 saturated heterocycles. The summed E-state index contributed by atoms with van der Waals surface area (Å²) in [5, 5.41) is 7.66. The van der Waals surface area contributed by atoms with Gasteiger partial charge in [0.1, 0.15) is 12.2 Å². The molecule has 1 aromatic heterocycles. The number of carbonyl (C=O) groups excluding carboxylic acids is 1. The van der Waals surface area contributed by atoms with Gasteiger partial charge < -0.3 is 5.32 Å². The van der Waals surface area contributed by atoms with Crippen LogP contribution in [-0.2, 0) is 4.79 Å². The largest absolute Gasteiger partial charge is 0.397 e. The van der Waals surface area contributed by atoms with E-state index >= 15 is 0 Å². The Morgan fingerprint density at radius 2 is 1.70 bits per heavy atom. The third-order valence-electron chi connectivity index (χ3n) is 5.38. The first-order valence-electron chi connectivity index (χ1n) is 10.4. The number of halogens is 4. The molecule has 1 unspecified atom stereocenters. The highest BCUT2D eigenvalue weighted by Gasteiger charge is 2.31. The quantitative estimate of drug-likeness (QED) is 0.361. The van der Waals surface area contributed by atoms with E-state index in [2.05, 4.69) is 10.4 Å². The molecule has 0 aliphatic rings. The van der Waals surface area contributed by atoms with Crippen molar-refractivity contribution in [2.75, 3.05) is 6.54 Å². The van der Waals surface area contributed by atoms with Gasteiger partial charge in [-0.2, -0.15) is 18.3 Å². The van der Waals surface area contributed by atoms with Crippen molar-refractivity contribution in [1.82, 2.24) is 15.1 Å². The second-order valence-electron chi connectivity index (χ2n) is 7.74. The fourth-order valence-corrected chi connectivity index (χ4v) is 3.87. The maximum absolute atomic E-state index is 13.3. The van der Waals surface area contributed by atoms with Crippen LogP contribution in [0.25, 0.3) is 16.6 Å². The van der Waals surface area contributed by atoms with Crippen LogP contribution in [0, 0.1) is 5.82 Å². The van der Waals surface area contributed by atoms with Crippen LogP contribution in [-0.4, -0.2) is 28.4 Å². The molecule has 4 aromatic rings. The number of fused-ring (bicyclic) bond motifs is 1. The Labute approximate surface area is 187 Å². The third kappa shape index (κ3) is 5.58. The molecule has 0 aliphatic heterocycles. The van der Waals surface area contributed by atoms with Gasteiger partial charge in [-0.1, -0.05) is 36.4 Å². The van der Waals surface area contributed by atoms with E-state index in [9.17, 15) is 22.4 Å². The standard InChI is InChI=1S/C25H21F4N3O/c26-20-7-9-21(10-8-20)32-23-11-6-18(14-19(23)16-31-32)22(17-4-2-1-3-5-17)12-13-30-24(33)15-25(27,28)29/h1-11,14,16,22H,12-13,15H2,(H,30,33). The summed E-state index contributed by atoms with van der Waals surface area (Å²) in [6, 6.07) is 21.5. The number of hydrogen-bond acceptors (Lipinski definition) is 2. The monoisotopic (exact) mass is 455 g/mol. The van der Waals surface area contributed by atoms with Gasteiger partial charge in [-0.3, -0.25) is 4.79 Å². The van der Waals surface area contributed by atoms with Crippen LogP contribution in [0.3, 0.4) is 0 Å². The van der Waals surface area contributed by atoms with Crippen molar-refractivity contribution in [3.8, 4) is 5.69 Å². The molecule has 0 aliphatic carbocycles. The highest BCUT2D eigenvalue weighted by molar-refractivity contribution is 5.81. The van der Waals surface area contributed by atoms with Gasteiger partial charge in [-0.25, -0.2) is 9.07 Å². The van der Waals surface area contributed by atoms with Crippen LogP contribution >= 0.6 is 0 Å². The van der Waals surface area contributed by atoms with E-state index in [-0.39, 0.29) is 18.3 Å². The van der Waals surface area contributed by atoms with Crippen molar-refractivity contribution in [3.05, 3.63) is 95.9 Å². The summed E-state index contributed by atoms with van der Waals surface area (Å²) < 4.78 is 52.3. The van der Waals surface area contributed by atoms with Gasteiger partial charge in [0, 0.05) is 17.8 Å². The number of nitrogens with one attached hydrogen (secondary N) is 1. The molecule has 1 heterocycles. The van der Waals surface area contributed by atoms with Gasteiger partial charge >= 0.3 is 6.18 Å². The number of aromatic nitrogens is 2. The van der Waals surface area contributed by atoms with Gasteiger partial charge in [0.15, 0.2) is 0 Å². The zero-order chi connectivity index (χ0) is 23.4. The van der Waals surface area contributed by atoms with Crippen LogP contribution < -0.4 is 5.32 Å². The van der Waals surface area contributed by atoms with Gasteiger partial charge in [0.05, 0.1) is 17.4 Å². The van der Waals surface area contributed by atoms with Crippen LogP contribution in [0.4, 0.5) is 17.6 Å². The molecule has 33 heavy (non-hydrogen) atoms. The average molecular weight is 455 g/mol. The molecule has 0 bridgehead atoms. The summed E-state index contributed by atoms with van der Waals surface area (Å²) in [7, 11) is 0. The third-order valence-corrected chi connectivity index (χ3v) is 5.38. The van der Waals surface area contributed by atoms with Gasteiger partial charge in [-0.05, 0) is 53.9 Å². The van der Waals surface area contributed by atoms with Crippen LogP contribution in [0.2, 0.25) is 0 Å². The predicted octanol–water partition coefficient (Wildman–Crippen LogP) is 5.76. The lowest BCUT2D eigenvalue weighted by Crippen LogP contribution is -2.30. The Balaban J connectivity index is 1.58. The molecule has 1 amide bonds. The topological polar surface area (TPSA) is 46.9 Å². The number of hydrogen-bond donors (Lipinski definition) is 1. The van der Waals surface area contributed by atoms with E-state index in [4.69, 9.17) is 0 Å². The fraction of sp³-hybridized carbons (Fsp3) is 0.200. The number of nitrogens with zero attached hydrogens (tertiary/aromatic N) is 2. The summed E-state index contributed by atoms with van der Waals surface area (Å²) in [5.74, 6) is -1.49. The maximum Gasteiger partial charge on any atom is 0.397 e. The van der Waals surface area contributed by atoms with Gasteiger partial charge in [-0.15, -0.1) is 0 Å². The summed E-state index contributed by atoms with van der Waals surface area (Å²) >= 11 is 0. The summed E-state index contributed by atoms with van der Waals surface area (Å²) in [6.07, 6.45) is -3.86. The maximum atomic E-state index is 13.3. The van der Waals surface area contributed by atoms with Crippen molar-refractivity contribution in [2.24, 2.45) is 0 Å². The summed E-state index contributed by atoms with van der Waals surface area (Å²) in [6.45, 7) is 0.112. The molecule has 0 fully saturated rings. The number of benzene rings is 3. The minimum Gasteiger partial charge on any atom is -0.356 e. The molecule has 4 nitrogen and oxygen atoms in total. The van der Waals surface area contributed by atoms with E-state index in [0.717, 1.165) is 27.7 Å². The number of amides is 1. The van der Waals surface area contributed by atoms with Crippen LogP contribution in [0.1, 0.15) is 29.9 Å². The molecule has 1 atom stereocenters. The van der Waals surface area contributed by atoms with Gasteiger partial charge in [0.2, 0.25) is 5.91 Å². The Bertz CT molecular complexity index is 1230. The minimum atomic E-state index is -4.53. The van der Waals surface area contributed by atoms with Crippen molar-refractivity contribution in [1.29, 1.82) is 0 Å². The Kier molecular flexibility index (Phi) is 6.44. The molecule has 1 N–H and O–H groups in total.